The highest BCUT2D eigenvalue weighted by atomic mass is 16.3. The third kappa shape index (κ3) is 2.47. The minimum atomic E-state index is -0.969. The lowest BCUT2D eigenvalue weighted by Crippen LogP contribution is -2.26. The van der Waals surface area contributed by atoms with Gasteiger partial charge in [-0.25, -0.2) is 4.68 Å². The highest BCUT2D eigenvalue weighted by Crippen LogP contribution is 2.08. The number of carbonyl (C=O) groups excluding carboxylic acids is 1. The Bertz CT molecular complexity index is 259. The minimum absolute atomic E-state index is 0.0781. The van der Waals surface area contributed by atoms with E-state index in [4.69, 9.17) is 0 Å². The van der Waals surface area contributed by atoms with Gasteiger partial charge in [-0.3, -0.25) is 4.79 Å². The molecule has 1 N–H and O–H groups in total. The topological polar surface area (TPSA) is 55.1 Å². The number of aromatic nitrogens is 2. The molecule has 0 fully saturated rings. The van der Waals surface area contributed by atoms with Crippen LogP contribution in [-0.2, 0) is 0 Å². The van der Waals surface area contributed by atoms with Crippen LogP contribution in [0.4, 0.5) is 0 Å². The van der Waals surface area contributed by atoms with Crippen LogP contribution in [0.15, 0.2) is 18.5 Å². The molecule has 66 valence electrons. The van der Waals surface area contributed by atoms with Crippen molar-refractivity contribution >= 4 is 5.91 Å². The monoisotopic (exact) mass is 168 g/mol. The van der Waals surface area contributed by atoms with Crippen LogP contribution in [0.3, 0.4) is 0 Å². The summed E-state index contributed by atoms with van der Waals surface area (Å²) in [7, 11) is 0. The number of aliphatic hydroxyl groups is 1. The lowest BCUT2D eigenvalue weighted by molar-refractivity contribution is 0.0518. The number of hydrogen-bond acceptors (Lipinski definition) is 3. The lowest BCUT2D eigenvalue weighted by Gasteiger charge is -2.14. The molecule has 4 nitrogen and oxygen atoms in total. The van der Waals surface area contributed by atoms with Crippen LogP contribution in [0.5, 0.6) is 0 Å². The molecule has 0 aliphatic rings. The standard InChI is InChI=1S/C8H12N2O2/c1-8(2,12)6-7(11)10-5-3-4-9-10/h3-5,12H,6H2,1-2H3. The third-order valence-corrected chi connectivity index (χ3v) is 1.34. The maximum Gasteiger partial charge on any atom is 0.249 e. The summed E-state index contributed by atoms with van der Waals surface area (Å²) in [5, 5.41) is 13.1. The number of rotatable bonds is 2. The Labute approximate surface area is 70.8 Å². The van der Waals surface area contributed by atoms with Crippen LogP contribution >= 0.6 is 0 Å². The fraction of sp³-hybridized carbons (Fsp3) is 0.500. The molecule has 0 aliphatic carbocycles. The predicted molar refractivity (Wildman–Crippen MR) is 43.8 cm³/mol. The summed E-state index contributed by atoms with van der Waals surface area (Å²) < 4.78 is 1.22. The zero-order chi connectivity index (χ0) is 9.19. The molecule has 0 radical (unpaired) electrons. The van der Waals surface area contributed by atoms with E-state index < -0.39 is 5.60 Å². The second kappa shape index (κ2) is 3.06. The zero-order valence-electron chi connectivity index (χ0n) is 7.19. The normalized spacial score (nSPS) is 11.6. The van der Waals surface area contributed by atoms with E-state index >= 15 is 0 Å². The molecule has 0 saturated carbocycles. The number of nitrogens with zero attached hydrogens (tertiary/aromatic N) is 2. The van der Waals surface area contributed by atoms with E-state index in [1.807, 2.05) is 0 Å². The average molecular weight is 168 g/mol. The largest absolute Gasteiger partial charge is 0.390 e. The molecule has 1 heterocycles. The maximum atomic E-state index is 11.3. The molecule has 12 heavy (non-hydrogen) atoms. The van der Waals surface area contributed by atoms with Crippen molar-refractivity contribution in [2.45, 2.75) is 25.9 Å². The van der Waals surface area contributed by atoms with E-state index in [-0.39, 0.29) is 12.3 Å². The molecule has 1 rings (SSSR count). The van der Waals surface area contributed by atoms with Gasteiger partial charge >= 0.3 is 0 Å². The van der Waals surface area contributed by atoms with E-state index in [1.54, 1.807) is 26.1 Å². The van der Waals surface area contributed by atoms with Crippen molar-refractivity contribution in [2.75, 3.05) is 0 Å². The summed E-state index contributed by atoms with van der Waals surface area (Å²) in [6, 6.07) is 1.67. The molecular weight excluding hydrogens is 156 g/mol. The second-order valence-electron chi connectivity index (χ2n) is 3.33. The molecule has 0 saturated heterocycles. The van der Waals surface area contributed by atoms with Crippen LogP contribution in [0.25, 0.3) is 0 Å². The van der Waals surface area contributed by atoms with Gasteiger partial charge < -0.3 is 5.11 Å². The summed E-state index contributed by atoms with van der Waals surface area (Å²) >= 11 is 0. The van der Waals surface area contributed by atoms with Crippen LogP contribution in [-0.4, -0.2) is 26.4 Å². The van der Waals surface area contributed by atoms with Gasteiger partial charge in [0.25, 0.3) is 0 Å². The van der Waals surface area contributed by atoms with E-state index in [0.29, 0.717) is 0 Å². The van der Waals surface area contributed by atoms with Gasteiger partial charge in [-0.1, -0.05) is 0 Å². The molecule has 0 aliphatic heterocycles. The molecule has 0 aromatic carbocycles. The Balaban J connectivity index is 2.63. The molecule has 0 bridgehead atoms. The number of hydrogen-bond donors (Lipinski definition) is 1. The van der Waals surface area contributed by atoms with Gasteiger partial charge in [0.05, 0.1) is 12.0 Å². The Kier molecular flexibility index (Phi) is 2.28. The molecule has 1 aromatic heterocycles. The average Bonchev–Trinajstić information content (AvgIpc) is 2.32. The quantitative estimate of drug-likeness (QED) is 0.706. The van der Waals surface area contributed by atoms with Crippen LogP contribution in [0.2, 0.25) is 0 Å². The third-order valence-electron chi connectivity index (χ3n) is 1.34. The maximum absolute atomic E-state index is 11.3. The number of carbonyl (C=O) groups is 1. The van der Waals surface area contributed by atoms with Gasteiger partial charge in [0.2, 0.25) is 5.91 Å². The van der Waals surface area contributed by atoms with Crippen molar-refractivity contribution in [3.8, 4) is 0 Å². The van der Waals surface area contributed by atoms with E-state index in [1.165, 1.54) is 10.9 Å². The fourth-order valence-corrected chi connectivity index (χ4v) is 0.867. The van der Waals surface area contributed by atoms with E-state index in [9.17, 15) is 9.90 Å². The minimum Gasteiger partial charge on any atom is -0.390 e. The fourth-order valence-electron chi connectivity index (χ4n) is 0.867. The molecule has 0 spiro atoms. The molecule has 4 heteroatoms. The van der Waals surface area contributed by atoms with Crippen molar-refractivity contribution in [2.24, 2.45) is 0 Å². The van der Waals surface area contributed by atoms with Crippen molar-refractivity contribution < 1.29 is 9.90 Å². The first-order valence-corrected chi connectivity index (χ1v) is 3.74. The smallest absolute Gasteiger partial charge is 0.249 e. The molecule has 1 aromatic rings. The highest BCUT2D eigenvalue weighted by molar-refractivity contribution is 5.78. The molecular formula is C8H12N2O2. The first-order valence-electron chi connectivity index (χ1n) is 3.74. The summed E-state index contributed by atoms with van der Waals surface area (Å²) in [5.41, 5.74) is -0.969. The molecule has 0 atom stereocenters. The summed E-state index contributed by atoms with van der Waals surface area (Å²) in [6.45, 7) is 3.18. The first kappa shape index (κ1) is 8.93. The van der Waals surface area contributed by atoms with Crippen molar-refractivity contribution in [3.05, 3.63) is 18.5 Å². The lowest BCUT2D eigenvalue weighted by atomic mass is 10.1. The van der Waals surface area contributed by atoms with Gasteiger partial charge in [-0.05, 0) is 19.9 Å². The Morgan fingerprint density at radius 1 is 1.67 bits per heavy atom. The van der Waals surface area contributed by atoms with Gasteiger partial charge in [0.1, 0.15) is 0 Å². The van der Waals surface area contributed by atoms with Crippen molar-refractivity contribution in [3.63, 3.8) is 0 Å². The highest BCUT2D eigenvalue weighted by Gasteiger charge is 2.18. The van der Waals surface area contributed by atoms with Crippen LogP contribution in [0.1, 0.15) is 25.1 Å². The Morgan fingerprint density at radius 3 is 2.75 bits per heavy atom. The summed E-state index contributed by atoms with van der Waals surface area (Å²) in [5.74, 6) is -0.201. The Morgan fingerprint density at radius 2 is 2.33 bits per heavy atom. The van der Waals surface area contributed by atoms with Gasteiger partial charge in [-0.2, -0.15) is 5.10 Å². The molecule has 0 unspecified atom stereocenters. The molecule has 0 amide bonds. The summed E-state index contributed by atoms with van der Waals surface area (Å²) in [6.07, 6.45) is 3.17. The van der Waals surface area contributed by atoms with E-state index in [2.05, 4.69) is 5.10 Å². The van der Waals surface area contributed by atoms with Gasteiger partial charge in [0.15, 0.2) is 0 Å². The van der Waals surface area contributed by atoms with Crippen molar-refractivity contribution in [1.29, 1.82) is 0 Å². The van der Waals surface area contributed by atoms with Crippen LogP contribution in [0, 0.1) is 0 Å². The van der Waals surface area contributed by atoms with Gasteiger partial charge in [-0.15, -0.1) is 0 Å². The first-order chi connectivity index (χ1) is 5.49. The SMILES string of the molecule is CC(C)(O)CC(=O)n1cccn1. The van der Waals surface area contributed by atoms with Gasteiger partial charge in [0, 0.05) is 12.4 Å². The second-order valence-corrected chi connectivity index (χ2v) is 3.33. The summed E-state index contributed by atoms with van der Waals surface area (Å²) in [4.78, 5) is 11.3. The Hall–Kier alpha value is -1.16. The van der Waals surface area contributed by atoms with Crippen molar-refractivity contribution in [1.82, 2.24) is 9.78 Å². The van der Waals surface area contributed by atoms with Crippen LogP contribution < -0.4 is 0 Å². The van der Waals surface area contributed by atoms with E-state index in [0.717, 1.165) is 0 Å². The zero-order valence-corrected chi connectivity index (χ0v) is 7.19. The predicted octanol–water partition coefficient (Wildman–Crippen LogP) is 0.684.